The SMILES string of the molecule is C=CC(=O)NCc1nc2c(s1)CCCCC2. The molecule has 1 heterocycles. The Kier molecular flexibility index (Phi) is 3.72. The molecule has 1 aliphatic carbocycles. The highest BCUT2D eigenvalue weighted by Gasteiger charge is 2.13. The number of hydrogen-bond acceptors (Lipinski definition) is 3. The standard InChI is InChI=1S/C12H16N2OS/c1-2-11(15)13-8-12-14-9-6-4-3-5-7-10(9)16-12/h2H,1,3-8H2,(H,13,15). The van der Waals surface area contributed by atoms with Crippen molar-refractivity contribution < 1.29 is 4.79 Å². The van der Waals surface area contributed by atoms with Crippen LogP contribution in [-0.2, 0) is 24.2 Å². The lowest BCUT2D eigenvalue weighted by Crippen LogP contribution is -2.19. The Labute approximate surface area is 99.6 Å². The first-order valence-electron chi connectivity index (χ1n) is 5.67. The lowest BCUT2D eigenvalue weighted by molar-refractivity contribution is -0.116. The molecule has 86 valence electrons. The Morgan fingerprint density at radius 1 is 1.44 bits per heavy atom. The number of nitrogens with one attached hydrogen (secondary N) is 1. The van der Waals surface area contributed by atoms with Crippen LogP contribution in [0.2, 0.25) is 0 Å². The molecule has 0 spiro atoms. The number of fused-ring (bicyclic) bond motifs is 1. The highest BCUT2D eigenvalue weighted by Crippen LogP contribution is 2.25. The van der Waals surface area contributed by atoms with Gasteiger partial charge in [-0.2, -0.15) is 0 Å². The monoisotopic (exact) mass is 236 g/mol. The van der Waals surface area contributed by atoms with Gasteiger partial charge in [0.05, 0.1) is 12.2 Å². The summed E-state index contributed by atoms with van der Waals surface area (Å²) in [6.07, 6.45) is 7.37. The first-order chi connectivity index (χ1) is 7.79. The number of thiazole rings is 1. The highest BCUT2D eigenvalue weighted by molar-refractivity contribution is 7.11. The predicted molar refractivity (Wildman–Crippen MR) is 65.4 cm³/mol. The second kappa shape index (κ2) is 5.25. The van der Waals surface area contributed by atoms with Crippen LogP contribution >= 0.6 is 11.3 Å². The number of aromatic nitrogens is 1. The molecular weight excluding hydrogens is 220 g/mol. The van der Waals surface area contributed by atoms with E-state index in [9.17, 15) is 4.79 Å². The zero-order valence-corrected chi connectivity index (χ0v) is 10.1. The first kappa shape index (κ1) is 11.3. The van der Waals surface area contributed by atoms with Crippen LogP contribution in [0.5, 0.6) is 0 Å². The quantitative estimate of drug-likeness (QED) is 0.646. The summed E-state index contributed by atoms with van der Waals surface area (Å²) in [5.41, 5.74) is 1.25. The van der Waals surface area contributed by atoms with Crippen LogP contribution in [0.25, 0.3) is 0 Å². The van der Waals surface area contributed by atoms with Crippen LogP contribution in [-0.4, -0.2) is 10.9 Å². The van der Waals surface area contributed by atoms with Gasteiger partial charge in [-0.25, -0.2) is 4.98 Å². The average Bonchev–Trinajstić information content (AvgIpc) is 2.56. The highest BCUT2D eigenvalue weighted by atomic mass is 32.1. The van der Waals surface area contributed by atoms with Crippen molar-refractivity contribution in [2.75, 3.05) is 0 Å². The molecule has 1 amide bonds. The summed E-state index contributed by atoms with van der Waals surface area (Å²) in [7, 11) is 0. The van der Waals surface area contributed by atoms with E-state index in [1.807, 2.05) is 0 Å². The fourth-order valence-electron chi connectivity index (χ4n) is 1.89. The third-order valence-corrected chi connectivity index (χ3v) is 3.90. The molecule has 3 nitrogen and oxygen atoms in total. The molecule has 0 atom stereocenters. The summed E-state index contributed by atoms with van der Waals surface area (Å²) in [4.78, 5) is 17.0. The molecule has 0 fully saturated rings. The van der Waals surface area contributed by atoms with Gasteiger partial charge in [-0.15, -0.1) is 11.3 Å². The van der Waals surface area contributed by atoms with Crippen LogP contribution < -0.4 is 5.32 Å². The summed E-state index contributed by atoms with van der Waals surface area (Å²) in [5.74, 6) is -0.134. The van der Waals surface area contributed by atoms with Crippen LogP contribution in [0, 0.1) is 0 Å². The molecule has 1 aromatic heterocycles. The lowest BCUT2D eigenvalue weighted by Gasteiger charge is -1.97. The minimum atomic E-state index is -0.134. The normalized spacial score (nSPS) is 15.0. The molecule has 1 aromatic rings. The van der Waals surface area contributed by atoms with Gasteiger partial charge >= 0.3 is 0 Å². The zero-order valence-electron chi connectivity index (χ0n) is 9.29. The lowest BCUT2D eigenvalue weighted by atomic mass is 10.2. The smallest absolute Gasteiger partial charge is 0.243 e. The number of aryl methyl sites for hydroxylation is 2. The number of rotatable bonds is 3. The summed E-state index contributed by atoms with van der Waals surface area (Å²) in [6, 6.07) is 0. The second-order valence-electron chi connectivity index (χ2n) is 3.96. The van der Waals surface area contributed by atoms with E-state index in [0.29, 0.717) is 6.54 Å². The molecule has 0 bridgehead atoms. The third-order valence-electron chi connectivity index (χ3n) is 2.74. The van der Waals surface area contributed by atoms with E-state index >= 15 is 0 Å². The van der Waals surface area contributed by atoms with Gasteiger partial charge in [-0.05, 0) is 31.8 Å². The van der Waals surface area contributed by atoms with Crippen molar-refractivity contribution in [3.05, 3.63) is 28.2 Å². The van der Waals surface area contributed by atoms with Crippen LogP contribution in [0.1, 0.15) is 34.8 Å². The Morgan fingerprint density at radius 2 is 2.25 bits per heavy atom. The Bertz CT molecular complexity index is 374. The van der Waals surface area contributed by atoms with Gasteiger partial charge in [0.15, 0.2) is 0 Å². The maximum absolute atomic E-state index is 11.0. The minimum absolute atomic E-state index is 0.134. The topological polar surface area (TPSA) is 42.0 Å². The van der Waals surface area contributed by atoms with Gasteiger partial charge < -0.3 is 5.32 Å². The molecule has 0 aliphatic heterocycles. The maximum atomic E-state index is 11.0. The predicted octanol–water partition coefficient (Wildman–Crippen LogP) is 2.21. The van der Waals surface area contributed by atoms with Crippen molar-refractivity contribution in [2.24, 2.45) is 0 Å². The van der Waals surface area contributed by atoms with Crippen molar-refractivity contribution in [1.29, 1.82) is 0 Å². The summed E-state index contributed by atoms with van der Waals surface area (Å²) >= 11 is 1.74. The third kappa shape index (κ3) is 2.70. The van der Waals surface area contributed by atoms with E-state index in [1.165, 1.54) is 35.9 Å². The average molecular weight is 236 g/mol. The van der Waals surface area contributed by atoms with E-state index < -0.39 is 0 Å². The minimum Gasteiger partial charge on any atom is -0.346 e. The molecule has 16 heavy (non-hydrogen) atoms. The fraction of sp³-hybridized carbons (Fsp3) is 0.500. The largest absolute Gasteiger partial charge is 0.346 e. The molecule has 0 aromatic carbocycles. The number of hydrogen-bond donors (Lipinski definition) is 1. The van der Waals surface area contributed by atoms with Crippen molar-refractivity contribution in [1.82, 2.24) is 10.3 Å². The Balaban J connectivity index is 2.01. The van der Waals surface area contributed by atoms with E-state index in [4.69, 9.17) is 0 Å². The molecule has 1 aliphatic rings. The molecule has 1 N–H and O–H groups in total. The van der Waals surface area contributed by atoms with Gasteiger partial charge in [0.25, 0.3) is 0 Å². The number of nitrogens with zero attached hydrogens (tertiary/aromatic N) is 1. The number of carbonyl (C=O) groups is 1. The van der Waals surface area contributed by atoms with Crippen LogP contribution in [0.4, 0.5) is 0 Å². The van der Waals surface area contributed by atoms with Crippen molar-refractivity contribution in [3.63, 3.8) is 0 Å². The van der Waals surface area contributed by atoms with Crippen molar-refractivity contribution in [3.8, 4) is 0 Å². The molecule has 4 heteroatoms. The van der Waals surface area contributed by atoms with Gasteiger partial charge in [0.1, 0.15) is 5.01 Å². The van der Waals surface area contributed by atoms with E-state index in [2.05, 4.69) is 16.9 Å². The summed E-state index contributed by atoms with van der Waals surface area (Å²) in [6.45, 7) is 3.95. The van der Waals surface area contributed by atoms with Gasteiger partial charge in [-0.1, -0.05) is 13.0 Å². The summed E-state index contributed by atoms with van der Waals surface area (Å²) in [5, 5.41) is 3.78. The molecular formula is C12H16N2OS. The molecule has 0 saturated heterocycles. The van der Waals surface area contributed by atoms with Crippen LogP contribution in [0.3, 0.4) is 0 Å². The van der Waals surface area contributed by atoms with Crippen molar-refractivity contribution in [2.45, 2.75) is 38.6 Å². The maximum Gasteiger partial charge on any atom is 0.243 e. The Morgan fingerprint density at radius 3 is 3.06 bits per heavy atom. The first-order valence-corrected chi connectivity index (χ1v) is 6.49. The van der Waals surface area contributed by atoms with Gasteiger partial charge in [0.2, 0.25) is 5.91 Å². The molecule has 2 rings (SSSR count). The molecule has 0 unspecified atom stereocenters. The molecule has 0 saturated carbocycles. The molecule has 0 radical (unpaired) electrons. The Hall–Kier alpha value is -1.16. The number of amides is 1. The zero-order chi connectivity index (χ0) is 11.4. The summed E-state index contributed by atoms with van der Waals surface area (Å²) < 4.78 is 0. The van der Waals surface area contributed by atoms with E-state index in [1.54, 1.807) is 11.3 Å². The van der Waals surface area contributed by atoms with Gasteiger partial charge in [-0.3, -0.25) is 4.79 Å². The van der Waals surface area contributed by atoms with E-state index in [-0.39, 0.29) is 5.91 Å². The van der Waals surface area contributed by atoms with Crippen LogP contribution in [0.15, 0.2) is 12.7 Å². The second-order valence-corrected chi connectivity index (χ2v) is 5.13. The van der Waals surface area contributed by atoms with E-state index in [0.717, 1.165) is 17.8 Å². The van der Waals surface area contributed by atoms with Gasteiger partial charge in [0, 0.05) is 4.88 Å². The fourth-order valence-corrected chi connectivity index (χ4v) is 2.99. The number of carbonyl (C=O) groups excluding carboxylic acids is 1. The van der Waals surface area contributed by atoms with Crippen molar-refractivity contribution >= 4 is 17.2 Å².